The van der Waals surface area contributed by atoms with E-state index in [0.717, 1.165) is 32.5 Å². The van der Waals surface area contributed by atoms with Gasteiger partial charge in [0.15, 0.2) is 0 Å². The smallest absolute Gasteiger partial charge is 0.239 e. The van der Waals surface area contributed by atoms with Gasteiger partial charge in [-0.15, -0.1) is 0 Å². The highest BCUT2D eigenvalue weighted by Crippen LogP contribution is 2.21. The molecule has 3 aliphatic rings. The Labute approximate surface area is 110 Å². The number of hydrogen-bond donors (Lipinski definition) is 1. The molecule has 2 unspecified atom stereocenters. The van der Waals surface area contributed by atoms with Gasteiger partial charge >= 0.3 is 0 Å². The summed E-state index contributed by atoms with van der Waals surface area (Å²) in [7, 11) is 0. The van der Waals surface area contributed by atoms with Crippen molar-refractivity contribution >= 4 is 5.91 Å². The summed E-state index contributed by atoms with van der Waals surface area (Å²) in [6, 6.07) is 0.121. The van der Waals surface area contributed by atoms with E-state index in [-0.39, 0.29) is 6.04 Å². The summed E-state index contributed by atoms with van der Waals surface area (Å²) >= 11 is 0. The minimum Gasteiger partial charge on any atom is -0.341 e. The fraction of sp³-hybridized carbons (Fsp3) is 0.929. The normalized spacial score (nSPS) is 33.4. The van der Waals surface area contributed by atoms with E-state index in [1.807, 2.05) is 0 Å². The molecular formula is C14H25N3O. The maximum Gasteiger partial charge on any atom is 0.239 e. The quantitative estimate of drug-likeness (QED) is 0.801. The van der Waals surface area contributed by atoms with Crippen LogP contribution in [0.4, 0.5) is 0 Å². The van der Waals surface area contributed by atoms with Crippen LogP contribution < -0.4 is 5.32 Å². The van der Waals surface area contributed by atoms with Crippen molar-refractivity contribution in [1.29, 1.82) is 0 Å². The molecule has 4 heteroatoms. The first-order valence-corrected chi connectivity index (χ1v) is 7.57. The molecule has 3 heterocycles. The molecule has 0 bridgehead atoms. The van der Waals surface area contributed by atoms with E-state index < -0.39 is 0 Å². The summed E-state index contributed by atoms with van der Waals surface area (Å²) in [5.74, 6) is 1.07. The van der Waals surface area contributed by atoms with Crippen LogP contribution in [0.2, 0.25) is 0 Å². The van der Waals surface area contributed by atoms with Gasteiger partial charge in [-0.3, -0.25) is 4.79 Å². The third-order valence-electron chi connectivity index (χ3n) is 4.67. The first kappa shape index (κ1) is 12.4. The van der Waals surface area contributed by atoms with E-state index in [9.17, 15) is 4.79 Å². The molecule has 3 saturated heterocycles. The molecule has 0 spiro atoms. The van der Waals surface area contributed by atoms with E-state index in [1.54, 1.807) is 0 Å². The Balaban J connectivity index is 1.46. The molecule has 0 aromatic carbocycles. The zero-order valence-electron chi connectivity index (χ0n) is 11.2. The highest BCUT2D eigenvalue weighted by Gasteiger charge is 2.32. The number of nitrogens with one attached hydrogen (secondary N) is 1. The standard InChI is InChI=1S/C14H25N3O/c18-14(13-4-3-6-15-13)17-9-5-12(11-17)10-16-7-1-2-8-16/h12-13,15H,1-11H2. The fourth-order valence-corrected chi connectivity index (χ4v) is 3.63. The Morgan fingerprint density at radius 2 is 1.94 bits per heavy atom. The van der Waals surface area contributed by atoms with Crippen LogP contribution in [0.15, 0.2) is 0 Å². The van der Waals surface area contributed by atoms with Gasteiger partial charge in [0.05, 0.1) is 6.04 Å². The molecule has 3 rings (SSSR count). The van der Waals surface area contributed by atoms with Gasteiger partial charge in [-0.2, -0.15) is 0 Å². The van der Waals surface area contributed by atoms with Gasteiger partial charge in [0, 0.05) is 19.6 Å². The zero-order chi connectivity index (χ0) is 12.4. The number of rotatable bonds is 3. The van der Waals surface area contributed by atoms with Crippen LogP contribution in [0.25, 0.3) is 0 Å². The van der Waals surface area contributed by atoms with Crippen LogP contribution >= 0.6 is 0 Å². The topological polar surface area (TPSA) is 35.6 Å². The zero-order valence-corrected chi connectivity index (χ0v) is 11.2. The van der Waals surface area contributed by atoms with Gasteiger partial charge in [0.25, 0.3) is 0 Å². The highest BCUT2D eigenvalue weighted by atomic mass is 16.2. The predicted octanol–water partition coefficient (Wildman–Crippen LogP) is 0.683. The molecule has 1 N–H and O–H groups in total. The third-order valence-corrected chi connectivity index (χ3v) is 4.67. The Hall–Kier alpha value is -0.610. The van der Waals surface area contributed by atoms with Gasteiger partial charge in [-0.05, 0) is 57.7 Å². The minimum absolute atomic E-state index is 0.121. The van der Waals surface area contributed by atoms with Gasteiger partial charge in [-0.1, -0.05) is 0 Å². The molecule has 0 aromatic rings. The fourth-order valence-electron chi connectivity index (χ4n) is 3.63. The van der Waals surface area contributed by atoms with E-state index in [0.29, 0.717) is 11.8 Å². The second-order valence-electron chi connectivity index (χ2n) is 6.10. The SMILES string of the molecule is O=C(C1CCCN1)N1CCC(CN2CCCC2)C1. The third kappa shape index (κ3) is 2.69. The highest BCUT2D eigenvalue weighted by molar-refractivity contribution is 5.82. The molecule has 18 heavy (non-hydrogen) atoms. The molecule has 1 amide bonds. The van der Waals surface area contributed by atoms with Gasteiger partial charge in [0.1, 0.15) is 0 Å². The monoisotopic (exact) mass is 251 g/mol. The van der Waals surface area contributed by atoms with Crippen LogP contribution in [0.5, 0.6) is 0 Å². The lowest BCUT2D eigenvalue weighted by atomic mass is 10.1. The van der Waals surface area contributed by atoms with Crippen molar-refractivity contribution < 1.29 is 4.79 Å². The van der Waals surface area contributed by atoms with Crippen molar-refractivity contribution in [2.75, 3.05) is 39.3 Å². The summed E-state index contributed by atoms with van der Waals surface area (Å²) in [6.07, 6.45) is 6.12. The number of hydrogen-bond acceptors (Lipinski definition) is 3. The number of nitrogens with zero attached hydrogens (tertiary/aromatic N) is 2. The van der Waals surface area contributed by atoms with Crippen molar-refractivity contribution in [2.24, 2.45) is 5.92 Å². The summed E-state index contributed by atoms with van der Waals surface area (Å²) in [6.45, 7) is 6.75. The van der Waals surface area contributed by atoms with Gasteiger partial charge in [-0.25, -0.2) is 0 Å². The second kappa shape index (κ2) is 5.57. The molecule has 0 saturated carbocycles. The Morgan fingerprint density at radius 3 is 2.67 bits per heavy atom. The summed E-state index contributed by atoms with van der Waals surface area (Å²) in [5, 5.41) is 3.32. The largest absolute Gasteiger partial charge is 0.341 e. The van der Waals surface area contributed by atoms with Crippen molar-refractivity contribution in [2.45, 2.75) is 38.1 Å². The first-order valence-electron chi connectivity index (χ1n) is 7.57. The first-order chi connectivity index (χ1) is 8.83. The van der Waals surface area contributed by atoms with Crippen molar-refractivity contribution in [3.05, 3.63) is 0 Å². The number of amides is 1. The Bertz CT molecular complexity index is 295. The minimum atomic E-state index is 0.121. The maximum absolute atomic E-state index is 12.3. The van der Waals surface area contributed by atoms with E-state index in [2.05, 4.69) is 15.1 Å². The van der Waals surface area contributed by atoms with Crippen molar-refractivity contribution in [1.82, 2.24) is 15.1 Å². The summed E-state index contributed by atoms with van der Waals surface area (Å²) in [5.41, 5.74) is 0. The lowest BCUT2D eigenvalue weighted by Gasteiger charge is -2.22. The maximum atomic E-state index is 12.3. The molecule has 3 aliphatic heterocycles. The molecule has 2 atom stereocenters. The molecule has 0 radical (unpaired) electrons. The molecule has 4 nitrogen and oxygen atoms in total. The average Bonchev–Trinajstić information content (AvgIpc) is 3.11. The number of carbonyl (C=O) groups excluding carboxylic acids is 1. The Morgan fingerprint density at radius 1 is 1.11 bits per heavy atom. The van der Waals surface area contributed by atoms with E-state index in [4.69, 9.17) is 0 Å². The van der Waals surface area contributed by atoms with Gasteiger partial charge < -0.3 is 15.1 Å². The van der Waals surface area contributed by atoms with Crippen molar-refractivity contribution in [3.63, 3.8) is 0 Å². The molecule has 102 valence electrons. The van der Waals surface area contributed by atoms with Crippen LogP contribution in [0.1, 0.15) is 32.1 Å². The number of likely N-dealkylation sites (tertiary alicyclic amines) is 2. The van der Waals surface area contributed by atoms with E-state index >= 15 is 0 Å². The van der Waals surface area contributed by atoms with Gasteiger partial charge in [0.2, 0.25) is 5.91 Å². The van der Waals surface area contributed by atoms with Crippen LogP contribution in [0, 0.1) is 5.92 Å². The Kier molecular flexibility index (Phi) is 3.85. The lowest BCUT2D eigenvalue weighted by Crippen LogP contribution is -2.42. The van der Waals surface area contributed by atoms with E-state index in [1.165, 1.54) is 38.9 Å². The molecule has 0 aliphatic carbocycles. The summed E-state index contributed by atoms with van der Waals surface area (Å²) < 4.78 is 0. The second-order valence-corrected chi connectivity index (χ2v) is 6.10. The van der Waals surface area contributed by atoms with Crippen LogP contribution in [0.3, 0.4) is 0 Å². The average molecular weight is 251 g/mol. The molecule has 0 aromatic heterocycles. The van der Waals surface area contributed by atoms with Crippen LogP contribution in [-0.4, -0.2) is 61.0 Å². The lowest BCUT2D eigenvalue weighted by molar-refractivity contribution is -0.132. The molecule has 3 fully saturated rings. The summed E-state index contributed by atoms with van der Waals surface area (Å²) in [4.78, 5) is 17.0. The van der Waals surface area contributed by atoms with Crippen molar-refractivity contribution in [3.8, 4) is 0 Å². The number of carbonyl (C=O) groups is 1. The predicted molar refractivity (Wildman–Crippen MR) is 71.4 cm³/mol. The van der Waals surface area contributed by atoms with Crippen LogP contribution in [-0.2, 0) is 4.79 Å². The molecular weight excluding hydrogens is 226 g/mol.